The van der Waals surface area contributed by atoms with Crippen LogP contribution in [-0.2, 0) is 0 Å². The van der Waals surface area contributed by atoms with Crippen LogP contribution in [0.4, 0.5) is 10.1 Å². The van der Waals surface area contributed by atoms with E-state index in [1.807, 2.05) is 31.9 Å². The van der Waals surface area contributed by atoms with Crippen LogP contribution in [0.15, 0.2) is 24.3 Å². The number of benzene rings is 1. The molecule has 0 radical (unpaired) electrons. The normalized spacial score (nSPS) is 12.8. The molecule has 0 fully saturated rings. The highest BCUT2D eigenvalue weighted by molar-refractivity contribution is 5.45. The second-order valence-corrected chi connectivity index (χ2v) is 4.58. The average Bonchev–Trinajstić information content (AvgIpc) is 2.26. The van der Waals surface area contributed by atoms with Gasteiger partial charge in [0.05, 0.1) is 6.10 Å². The van der Waals surface area contributed by atoms with Gasteiger partial charge in [0.1, 0.15) is 5.82 Å². The third kappa shape index (κ3) is 5.15. The lowest BCUT2D eigenvalue weighted by molar-refractivity contribution is 0.175. The fourth-order valence-corrected chi connectivity index (χ4v) is 1.57. The van der Waals surface area contributed by atoms with Crippen molar-refractivity contribution in [2.75, 3.05) is 25.0 Å². The lowest BCUT2D eigenvalue weighted by Crippen LogP contribution is -2.38. The molecule has 1 aromatic carbocycles. The monoisotopic (exact) mass is 240 g/mol. The Hall–Kier alpha value is -1.13. The van der Waals surface area contributed by atoms with Crippen molar-refractivity contribution in [2.45, 2.75) is 26.0 Å². The van der Waals surface area contributed by atoms with Crippen LogP contribution in [-0.4, -0.2) is 37.4 Å². The maximum absolute atomic E-state index is 13.0. The molecule has 1 rings (SSSR count). The van der Waals surface area contributed by atoms with Crippen LogP contribution in [0.25, 0.3) is 0 Å². The van der Waals surface area contributed by atoms with Crippen LogP contribution >= 0.6 is 0 Å². The zero-order valence-corrected chi connectivity index (χ0v) is 10.7. The summed E-state index contributed by atoms with van der Waals surface area (Å²) in [7, 11) is 1.84. The molecular weight excluding hydrogens is 219 g/mol. The minimum absolute atomic E-state index is 0.260. The summed E-state index contributed by atoms with van der Waals surface area (Å²) in [5.74, 6) is -0.260. The smallest absolute Gasteiger partial charge is 0.125 e. The molecule has 0 aliphatic rings. The van der Waals surface area contributed by atoms with Crippen molar-refractivity contribution in [1.29, 1.82) is 0 Å². The van der Waals surface area contributed by atoms with Gasteiger partial charge in [-0.15, -0.1) is 0 Å². The summed E-state index contributed by atoms with van der Waals surface area (Å²) in [6, 6.07) is 6.71. The molecule has 4 heteroatoms. The van der Waals surface area contributed by atoms with Gasteiger partial charge in [0.15, 0.2) is 0 Å². The summed E-state index contributed by atoms with van der Waals surface area (Å²) >= 11 is 0. The Bertz CT molecular complexity index is 344. The van der Waals surface area contributed by atoms with Crippen molar-refractivity contribution in [3.8, 4) is 0 Å². The van der Waals surface area contributed by atoms with Crippen LogP contribution in [0.2, 0.25) is 0 Å². The fraction of sp³-hybridized carbons (Fsp3) is 0.538. The Morgan fingerprint density at radius 1 is 1.41 bits per heavy atom. The van der Waals surface area contributed by atoms with E-state index in [1.54, 1.807) is 6.07 Å². The van der Waals surface area contributed by atoms with Crippen molar-refractivity contribution in [1.82, 2.24) is 5.32 Å². The van der Waals surface area contributed by atoms with Crippen LogP contribution in [0, 0.1) is 5.82 Å². The zero-order valence-electron chi connectivity index (χ0n) is 10.7. The first-order valence-corrected chi connectivity index (χ1v) is 5.87. The van der Waals surface area contributed by atoms with E-state index < -0.39 is 6.10 Å². The summed E-state index contributed by atoms with van der Waals surface area (Å²) in [6.45, 7) is 5.08. The summed E-state index contributed by atoms with van der Waals surface area (Å²) in [4.78, 5) is 1.84. The number of rotatable bonds is 6. The van der Waals surface area contributed by atoms with Crippen molar-refractivity contribution < 1.29 is 9.50 Å². The number of nitrogens with one attached hydrogen (secondary N) is 1. The van der Waals surface area contributed by atoms with Crippen molar-refractivity contribution in [3.63, 3.8) is 0 Å². The molecule has 0 saturated carbocycles. The number of aliphatic hydroxyl groups excluding tert-OH is 1. The minimum atomic E-state index is -0.467. The van der Waals surface area contributed by atoms with Crippen LogP contribution in [0.3, 0.4) is 0 Å². The molecule has 2 N–H and O–H groups in total. The van der Waals surface area contributed by atoms with Gasteiger partial charge in [0.25, 0.3) is 0 Å². The largest absolute Gasteiger partial charge is 0.390 e. The highest BCUT2D eigenvalue weighted by Gasteiger charge is 2.09. The van der Waals surface area contributed by atoms with Gasteiger partial charge in [-0.2, -0.15) is 0 Å². The van der Waals surface area contributed by atoms with Crippen molar-refractivity contribution in [3.05, 3.63) is 30.1 Å². The molecule has 0 amide bonds. The Kier molecular flexibility index (Phi) is 5.38. The highest BCUT2D eigenvalue weighted by atomic mass is 19.1. The van der Waals surface area contributed by atoms with Gasteiger partial charge in [0, 0.05) is 31.9 Å². The number of likely N-dealkylation sites (N-methyl/N-ethyl adjacent to an activating group) is 1. The first kappa shape index (κ1) is 13.9. The first-order valence-electron chi connectivity index (χ1n) is 5.87. The number of nitrogens with zero attached hydrogens (tertiary/aromatic N) is 1. The summed E-state index contributed by atoms with van der Waals surface area (Å²) < 4.78 is 13.0. The van der Waals surface area contributed by atoms with Gasteiger partial charge in [-0.05, 0) is 18.2 Å². The molecule has 0 saturated heterocycles. The number of halogens is 1. The molecule has 1 unspecified atom stereocenters. The molecule has 96 valence electrons. The van der Waals surface area contributed by atoms with Gasteiger partial charge in [-0.3, -0.25) is 0 Å². The molecule has 0 aromatic heterocycles. The van der Waals surface area contributed by atoms with Gasteiger partial charge in [-0.25, -0.2) is 4.39 Å². The van der Waals surface area contributed by atoms with Crippen LogP contribution in [0.1, 0.15) is 13.8 Å². The molecule has 1 aromatic rings. The molecule has 1 atom stereocenters. The van der Waals surface area contributed by atoms with E-state index in [4.69, 9.17) is 0 Å². The average molecular weight is 240 g/mol. The first-order chi connectivity index (χ1) is 7.99. The van der Waals surface area contributed by atoms with Gasteiger partial charge < -0.3 is 15.3 Å². The topological polar surface area (TPSA) is 35.5 Å². The molecule has 0 aliphatic carbocycles. The van der Waals surface area contributed by atoms with E-state index >= 15 is 0 Å². The second kappa shape index (κ2) is 6.57. The molecular formula is C13H21FN2O. The third-order valence-corrected chi connectivity index (χ3v) is 2.50. The van der Waals surface area contributed by atoms with E-state index in [1.165, 1.54) is 12.1 Å². The summed E-state index contributed by atoms with van der Waals surface area (Å²) in [5.41, 5.74) is 0.772. The Balaban J connectivity index is 2.45. The van der Waals surface area contributed by atoms with Crippen LogP contribution in [0.5, 0.6) is 0 Å². The maximum atomic E-state index is 13.0. The predicted molar refractivity (Wildman–Crippen MR) is 68.8 cm³/mol. The fourth-order valence-electron chi connectivity index (χ4n) is 1.57. The molecule has 3 nitrogen and oxygen atoms in total. The lowest BCUT2D eigenvalue weighted by Gasteiger charge is -2.23. The van der Waals surface area contributed by atoms with E-state index in [0.29, 0.717) is 19.1 Å². The molecule has 0 spiro atoms. The molecule has 0 bridgehead atoms. The standard InChI is InChI=1S/C13H21FN2O/c1-10(2)15-8-13(17)9-16(3)12-6-4-5-11(14)7-12/h4-7,10,13,15,17H,8-9H2,1-3H3. The van der Waals surface area contributed by atoms with E-state index in [-0.39, 0.29) is 5.82 Å². The highest BCUT2D eigenvalue weighted by Crippen LogP contribution is 2.13. The van der Waals surface area contributed by atoms with Gasteiger partial charge >= 0.3 is 0 Å². The number of aliphatic hydroxyl groups is 1. The SMILES string of the molecule is CC(C)NCC(O)CN(C)c1cccc(F)c1. The number of hydrogen-bond donors (Lipinski definition) is 2. The van der Waals surface area contributed by atoms with E-state index in [9.17, 15) is 9.50 Å². The quantitative estimate of drug-likeness (QED) is 0.793. The maximum Gasteiger partial charge on any atom is 0.125 e. The third-order valence-electron chi connectivity index (χ3n) is 2.50. The molecule has 17 heavy (non-hydrogen) atoms. The van der Waals surface area contributed by atoms with E-state index in [0.717, 1.165) is 5.69 Å². The summed E-state index contributed by atoms with van der Waals surface area (Å²) in [5, 5.41) is 13.0. The van der Waals surface area contributed by atoms with Crippen LogP contribution < -0.4 is 10.2 Å². The number of anilines is 1. The summed E-state index contributed by atoms with van der Waals surface area (Å²) in [6.07, 6.45) is -0.467. The van der Waals surface area contributed by atoms with E-state index in [2.05, 4.69) is 5.32 Å². The zero-order chi connectivity index (χ0) is 12.8. The number of hydrogen-bond acceptors (Lipinski definition) is 3. The van der Waals surface area contributed by atoms with Crippen molar-refractivity contribution in [2.24, 2.45) is 0 Å². The minimum Gasteiger partial charge on any atom is -0.390 e. The Morgan fingerprint density at radius 3 is 2.71 bits per heavy atom. The van der Waals surface area contributed by atoms with Crippen molar-refractivity contribution >= 4 is 5.69 Å². The second-order valence-electron chi connectivity index (χ2n) is 4.58. The molecule has 0 aliphatic heterocycles. The predicted octanol–water partition coefficient (Wildman–Crippen LogP) is 1.62. The van der Waals surface area contributed by atoms with Gasteiger partial charge in [-0.1, -0.05) is 19.9 Å². The molecule has 0 heterocycles. The lowest BCUT2D eigenvalue weighted by atomic mass is 10.2. The Labute approximate surface area is 102 Å². The van der Waals surface area contributed by atoms with Gasteiger partial charge in [0.2, 0.25) is 0 Å². The Morgan fingerprint density at radius 2 is 2.12 bits per heavy atom.